The Morgan fingerprint density at radius 1 is 1.17 bits per heavy atom. The molecule has 0 aliphatic heterocycles. The van der Waals surface area contributed by atoms with Crippen LogP contribution < -0.4 is 10.7 Å². The van der Waals surface area contributed by atoms with Gasteiger partial charge in [0.1, 0.15) is 5.76 Å². The highest BCUT2D eigenvalue weighted by Gasteiger charge is 2.28. The zero-order chi connectivity index (χ0) is 25.2. The van der Waals surface area contributed by atoms with E-state index < -0.39 is 4.92 Å². The van der Waals surface area contributed by atoms with Gasteiger partial charge in [-0.1, -0.05) is 35.6 Å². The van der Waals surface area contributed by atoms with E-state index in [0.29, 0.717) is 40.6 Å². The summed E-state index contributed by atoms with van der Waals surface area (Å²) < 4.78 is 6.90. The number of hydrogen-bond acceptors (Lipinski definition) is 8. The highest BCUT2D eigenvalue weighted by molar-refractivity contribution is 7.22. The minimum absolute atomic E-state index is 0.0296. The van der Waals surface area contributed by atoms with Gasteiger partial charge in [0.15, 0.2) is 10.9 Å². The molecule has 0 radical (unpaired) electrons. The number of carbonyl (C=O) groups is 2. The van der Waals surface area contributed by atoms with Gasteiger partial charge >= 0.3 is 0 Å². The summed E-state index contributed by atoms with van der Waals surface area (Å²) in [6.07, 6.45) is 2.10. The first kappa shape index (κ1) is 23.4. The van der Waals surface area contributed by atoms with E-state index in [9.17, 15) is 19.7 Å². The SMILES string of the molecule is Cc1c(C(=O)Nc2nc3ccccc3s2)oc2c1/C(=N/NC(=O)Cc1ccc([N+](=O)[O-])cc1)CCC2. The van der Waals surface area contributed by atoms with Gasteiger partial charge in [0.05, 0.1) is 27.3 Å². The topological polar surface area (TPSA) is 140 Å². The molecule has 0 saturated heterocycles. The zero-order valence-corrected chi connectivity index (χ0v) is 20.1. The van der Waals surface area contributed by atoms with E-state index in [1.807, 2.05) is 24.3 Å². The lowest BCUT2D eigenvalue weighted by Gasteiger charge is -2.13. The van der Waals surface area contributed by atoms with Gasteiger partial charge < -0.3 is 4.42 Å². The maximum Gasteiger partial charge on any atom is 0.293 e. The summed E-state index contributed by atoms with van der Waals surface area (Å²) in [5.41, 5.74) is 6.02. The molecule has 2 aromatic heterocycles. The van der Waals surface area contributed by atoms with Crippen molar-refractivity contribution < 1.29 is 18.9 Å². The van der Waals surface area contributed by atoms with Gasteiger partial charge in [-0.05, 0) is 37.5 Å². The van der Waals surface area contributed by atoms with Gasteiger partial charge in [0, 0.05) is 29.7 Å². The maximum atomic E-state index is 13.0. The molecule has 2 heterocycles. The van der Waals surface area contributed by atoms with Crippen LogP contribution in [0.3, 0.4) is 0 Å². The third-order valence-electron chi connectivity index (χ3n) is 5.87. The zero-order valence-electron chi connectivity index (χ0n) is 19.2. The van der Waals surface area contributed by atoms with E-state index in [2.05, 4.69) is 20.8 Å². The molecule has 0 unspecified atom stereocenters. The maximum absolute atomic E-state index is 13.0. The minimum atomic E-state index is -0.489. The molecule has 2 aromatic carbocycles. The number of para-hydroxylation sites is 1. The number of rotatable bonds is 6. The Morgan fingerprint density at radius 2 is 1.94 bits per heavy atom. The van der Waals surface area contributed by atoms with Crippen molar-refractivity contribution in [3.05, 3.63) is 86.9 Å². The van der Waals surface area contributed by atoms with Gasteiger partial charge in [-0.15, -0.1) is 0 Å². The molecule has 1 aliphatic carbocycles. The van der Waals surface area contributed by atoms with Crippen molar-refractivity contribution in [3.63, 3.8) is 0 Å². The van der Waals surface area contributed by atoms with Crippen LogP contribution in [-0.2, 0) is 17.6 Å². The summed E-state index contributed by atoms with van der Waals surface area (Å²) in [5.74, 6) is 0.128. The van der Waals surface area contributed by atoms with Crippen molar-refractivity contribution in [3.8, 4) is 0 Å². The molecule has 182 valence electrons. The largest absolute Gasteiger partial charge is 0.455 e. The van der Waals surface area contributed by atoms with Crippen molar-refractivity contribution in [2.24, 2.45) is 5.10 Å². The van der Waals surface area contributed by atoms with E-state index >= 15 is 0 Å². The molecule has 5 rings (SSSR count). The first-order valence-electron chi connectivity index (χ1n) is 11.3. The smallest absolute Gasteiger partial charge is 0.293 e. The van der Waals surface area contributed by atoms with Crippen molar-refractivity contribution >= 4 is 49.9 Å². The molecule has 0 bridgehead atoms. The molecule has 1 aliphatic rings. The van der Waals surface area contributed by atoms with E-state index in [0.717, 1.165) is 22.2 Å². The molecule has 10 nitrogen and oxygen atoms in total. The second-order valence-corrected chi connectivity index (χ2v) is 9.37. The molecule has 36 heavy (non-hydrogen) atoms. The molecular weight excluding hydrogens is 482 g/mol. The molecule has 2 N–H and O–H groups in total. The number of anilines is 1. The summed E-state index contributed by atoms with van der Waals surface area (Å²) in [7, 11) is 0. The molecule has 2 amide bonds. The van der Waals surface area contributed by atoms with Crippen LogP contribution in [0.15, 0.2) is 58.0 Å². The fourth-order valence-corrected chi connectivity index (χ4v) is 5.03. The van der Waals surface area contributed by atoms with Crippen LogP contribution in [0.2, 0.25) is 0 Å². The number of nitro groups is 1. The second-order valence-electron chi connectivity index (χ2n) is 8.34. The van der Waals surface area contributed by atoms with Gasteiger partial charge in [-0.3, -0.25) is 25.0 Å². The summed E-state index contributed by atoms with van der Waals surface area (Å²) in [4.78, 5) is 40.1. The third kappa shape index (κ3) is 4.73. The van der Waals surface area contributed by atoms with Crippen molar-refractivity contribution in [2.45, 2.75) is 32.6 Å². The van der Waals surface area contributed by atoms with Crippen LogP contribution in [0.1, 0.15) is 45.8 Å². The van der Waals surface area contributed by atoms with Gasteiger partial charge in [-0.25, -0.2) is 10.4 Å². The first-order chi connectivity index (χ1) is 17.4. The monoisotopic (exact) mass is 503 g/mol. The lowest BCUT2D eigenvalue weighted by atomic mass is 9.93. The van der Waals surface area contributed by atoms with Crippen LogP contribution in [0.5, 0.6) is 0 Å². The van der Waals surface area contributed by atoms with E-state index in [4.69, 9.17) is 4.42 Å². The molecule has 11 heteroatoms. The lowest BCUT2D eigenvalue weighted by molar-refractivity contribution is -0.384. The first-order valence-corrected chi connectivity index (χ1v) is 12.1. The summed E-state index contributed by atoms with van der Waals surface area (Å²) in [5, 5.41) is 18.4. The Hall–Kier alpha value is -4.38. The number of amides is 2. The highest BCUT2D eigenvalue weighted by atomic mass is 32.1. The van der Waals surface area contributed by atoms with Crippen LogP contribution in [0, 0.1) is 17.0 Å². The fraction of sp³-hybridized carbons (Fsp3) is 0.200. The number of nitrogens with zero attached hydrogens (tertiary/aromatic N) is 3. The minimum Gasteiger partial charge on any atom is -0.455 e. The number of hydrogen-bond donors (Lipinski definition) is 2. The number of benzene rings is 2. The predicted molar refractivity (Wildman–Crippen MR) is 135 cm³/mol. The lowest BCUT2D eigenvalue weighted by Crippen LogP contribution is -2.23. The standard InChI is InChI=1S/C25H21N5O5S/c1-14-22-18(28-29-21(31)13-15-9-11-16(12-10-15)30(33)34)6-4-7-19(22)35-23(14)24(32)27-25-26-17-5-2-3-8-20(17)36-25/h2-3,5,8-12H,4,6-7,13H2,1H3,(H,29,31)(H,26,27,32)/b28-18+. The Balaban J connectivity index is 1.30. The molecule has 0 fully saturated rings. The number of hydrazone groups is 1. The van der Waals surface area contributed by atoms with E-state index in [1.165, 1.54) is 23.5 Å². The fourth-order valence-electron chi connectivity index (χ4n) is 4.17. The molecular formula is C25H21N5O5S. The summed E-state index contributed by atoms with van der Waals surface area (Å²) >= 11 is 1.39. The van der Waals surface area contributed by atoms with Crippen molar-refractivity contribution in [2.75, 3.05) is 5.32 Å². The Bertz CT molecular complexity index is 1490. The summed E-state index contributed by atoms with van der Waals surface area (Å²) in [6.45, 7) is 1.80. The number of thiazole rings is 1. The summed E-state index contributed by atoms with van der Waals surface area (Å²) in [6, 6.07) is 13.4. The van der Waals surface area contributed by atoms with Crippen LogP contribution >= 0.6 is 11.3 Å². The molecule has 0 saturated carbocycles. The number of aryl methyl sites for hydroxylation is 1. The Labute approximate surface area is 209 Å². The number of fused-ring (bicyclic) bond motifs is 2. The third-order valence-corrected chi connectivity index (χ3v) is 6.83. The molecule has 0 spiro atoms. The number of furan rings is 1. The average molecular weight is 504 g/mol. The van der Waals surface area contributed by atoms with Crippen LogP contribution in [-0.4, -0.2) is 27.4 Å². The normalized spacial score (nSPS) is 14.0. The van der Waals surface area contributed by atoms with E-state index in [-0.39, 0.29) is 29.7 Å². The number of carbonyl (C=O) groups excluding carboxylic acids is 2. The average Bonchev–Trinajstić information content (AvgIpc) is 3.43. The number of aromatic nitrogens is 1. The highest BCUT2D eigenvalue weighted by Crippen LogP contribution is 2.31. The van der Waals surface area contributed by atoms with Gasteiger partial charge in [-0.2, -0.15) is 5.10 Å². The van der Waals surface area contributed by atoms with Crippen LogP contribution in [0.25, 0.3) is 10.2 Å². The molecule has 4 aromatic rings. The predicted octanol–water partition coefficient (Wildman–Crippen LogP) is 4.76. The van der Waals surface area contributed by atoms with E-state index in [1.54, 1.807) is 19.1 Å². The Kier molecular flexibility index (Phi) is 6.30. The van der Waals surface area contributed by atoms with Crippen LogP contribution in [0.4, 0.5) is 10.8 Å². The second kappa shape index (κ2) is 9.70. The Morgan fingerprint density at radius 3 is 2.69 bits per heavy atom. The quantitative estimate of drug-likeness (QED) is 0.287. The number of nitro benzene ring substituents is 1. The number of non-ortho nitro benzene ring substituents is 1. The van der Waals surface area contributed by atoms with Crippen molar-refractivity contribution in [1.82, 2.24) is 10.4 Å². The van der Waals surface area contributed by atoms with Gasteiger partial charge in [0.2, 0.25) is 5.91 Å². The van der Waals surface area contributed by atoms with Crippen molar-refractivity contribution in [1.29, 1.82) is 0 Å². The van der Waals surface area contributed by atoms with Gasteiger partial charge in [0.25, 0.3) is 11.6 Å². The molecule has 0 atom stereocenters. The number of nitrogens with one attached hydrogen (secondary N) is 2.